The number of rotatable bonds is 5. The van der Waals surface area contributed by atoms with Crippen molar-refractivity contribution in [3.05, 3.63) is 71.0 Å². The molecule has 0 aliphatic carbocycles. The van der Waals surface area contributed by atoms with Crippen molar-refractivity contribution in [2.24, 2.45) is 0 Å². The van der Waals surface area contributed by atoms with E-state index in [-0.39, 0.29) is 18.1 Å². The number of hydrogen-bond donors (Lipinski definition) is 0. The quantitative estimate of drug-likeness (QED) is 0.671. The van der Waals surface area contributed by atoms with Crippen molar-refractivity contribution in [1.82, 2.24) is 9.47 Å². The number of hydrogen-bond acceptors (Lipinski definition) is 4. The second kappa shape index (κ2) is 8.39. The fourth-order valence-electron chi connectivity index (χ4n) is 3.83. The summed E-state index contributed by atoms with van der Waals surface area (Å²) < 4.78 is 7.51. The molecule has 0 atom stereocenters. The normalized spacial score (nSPS) is 14.2. The lowest BCUT2D eigenvalue weighted by Crippen LogP contribution is -2.50. The Labute approximate surface area is 169 Å². The molecular weight excluding hydrogens is 366 g/mol. The van der Waals surface area contributed by atoms with Crippen molar-refractivity contribution in [2.45, 2.75) is 13.5 Å². The summed E-state index contributed by atoms with van der Waals surface area (Å²) in [5, 5.41) is 0.843. The SMILES string of the molecule is CCn1c(=O)cc(OCC(=O)N2CCN(c3ccccc3)CC2)c2ccccc21. The van der Waals surface area contributed by atoms with E-state index < -0.39 is 0 Å². The predicted molar refractivity (Wildman–Crippen MR) is 115 cm³/mol. The number of piperazine rings is 1. The van der Waals surface area contributed by atoms with Crippen molar-refractivity contribution < 1.29 is 9.53 Å². The van der Waals surface area contributed by atoms with Crippen molar-refractivity contribution in [2.75, 3.05) is 37.7 Å². The average Bonchev–Trinajstić information content (AvgIpc) is 2.78. The molecule has 4 rings (SSSR count). The van der Waals surface area contributed by atoms with E-state index in [1.165, 1.54) is 11.8 Å². The molecule has 0 N–H and O–H groups in total. The number of amides is 1. The van der Waals surface area contributed by atoms with E-state index in [9.17, 15) is 9.59 Å². The summed E-state index contributed by atoms with van der Waals surface area (Å²) in [6.45, 7) is 5.38. The van der Waals surface area contributed by atoms with Crippen LogP contribution in [0, 0.1) is 0 Å². The molecular formula is C23H25N3O3. The number of fused-ring (bicyclic) bond motifs is 1. The number of aryl methyl sites for hydroxylation is 1. The van der Waals surface area contributed by atoms with E-state index >= 15 is 0 Å². The van der Waals surface area contributed by atoms with Crippen LogP contribution >= 0.6 is 0 Å². The molecule has 1 aromatic heterocycles. The predicted octanol–water partition coefficient (Wildman–Crippen LogP) is 2.75. The van der Waals surface area contributed by atoms with Crippen LogP contribution in [0.3, 0.4) is 0 Å². The Morgan fingerprint density at radius 2 is 1.66 bits per heavy atom. The molecule has 1 aliphatic rings. The molecule has 0 spiro atoms. The molecule has 150 valence electrons. The molecule has 6 nitrogen and oxygen atoms in total. The van der Waals surface area contributed by atoms with E-state index in [0.29, 0.717) is 25.4 Å². The van der Waals surface area contributed by atoms with Crippen LogP contribution in [0.4, 0.5) is 5.69 Å². The van der Waals surface area contributed by atoms with Crippen LogP contribution in [-0.2, 0) is 11.3 Å². The van der Waals surface area contributed by atoms with Gasteiger partial charge in [0.05, 0.1) is 5.52 Å². The summed E-state index contributed by atoms with van der Waals surface area (Å²) in [7, 11) is 0. The summed E-state index contributed by atoms with van der Waals surface area (Å²) in [4.78, 5) is 29.2. The number of nitrogens with zero attached hydrogens (tertiary/aromatic N) is 3. The number of benzene rings is 2. The van der Waals surface area contributed by atoms with Crippen LogP contribution in [0.1, 0.15) is 6.92 Å². The largest absolute Gasteiger partial charge is 0.483 e. The van der Waals surface area contributed by atoms with Crippen LogP contribution in [-0.4, -0.2) is 48.2 Å². The highest BCUT2D eigenvalue weighted by Crippen LogP contribution is 2.23. The van der Waals surface area contributed by atoms with Crippen molar-refractivity contribution >= 4 is 22.5 Å². The van der Waals surface area contributed by atoms with Gasteiger partial charge in [-0.05, 0) is 31.2 Å². The average molecular weight is 391 g/mol. The summed E-state index contributed by atoms with van der Waals surface area (Å²) in [6.07, 6.45) is 0. The second-order valence-corrected chi connectivity index (χ2v) is 7.10. The summed E-state index contributed by atoms with van der Waals surface area (Å²) in [6, 6.07) is 19.3. The highest BCUT2D eigenvalue weighted by Gasteiger charge is 2.22. The number of anilines is 1. The summed E-state index contributed by atoms with van der Waals surface area (Å²) >= 11 is 0. The fraction of sp³-hybridized carbons (Fsp3) is 0.304. The molecule has 0 bridgehead atoms. The Morgan fingerprint density at radius 1 is 0.966 bits per heavy atom. The topological polar surface area (TPSA) is 54.8 Å². The lowest BCUT2D eigenvalue weighted by molar-refractivity contribution is -0.133. The lowest BCUT2D eigenvalue weighted by atomic mass is 10.2. The first-order valence-corrected chi connectivity index (χ1v) is 10.0. The first kappa shape index (κ1) is 19.1. The monoisotopic (exact) mass is 391 g/mol. The van der Waals surface area contributed by atoms with Gasteiger partial charge in [0, 0.05) is 49.9 Å². The molecule has 1 amide bonds. The minimum Gasteiger partial charge on any atom is -0.483 e. The Balaban J connectivity index is 1.41. The first-order valence-electron chi connectivity index (χ1n) is 10.0. The maximum absolute atomic E-state index is 12.7. The van der Waals surface area contributed by atoms with Crippen LogP contribution in [0.15, 0.2) is 65.5 Å². The molecule has 0 saturated carbocycles. The van der Waals surface area contributed by atoms with Crippen molar-refractivity contribution in [3.8, 4) is 5.75 Å². The Hall–Kier alpha value is -3.28. The van der Waals surface area contributed by atoms with Gasteiger partial charge in [-0.3, -0.25) is 9.59 Å². The van der Waals surface area contributed by atoms with Crippen LogP contribution < -0.4 is 15.2 Å². The standard InChI is InChI=1S/C23H25N3O3/c1-2-26-20-11-7-6-10-19(20)21(16-22(26)27)29-17-23(28)25-14-12-24(13-15-25)18-8-4-3-5-9-18/h3-11,16H,2,12-15,17H2,1H3. The Kier molecular flexibility index (Phi) is 5.51. The second-order valence-electron chi connectivity index (χ2n) is 7.10. The third kappa shape index (κ3) is 3.97. The van der Waals surface area contributed by atoms with Crippen LogP contribution in [0.5, 0.6) is 5.75 Å². The number of pyridine rings is 1. The van der Waals surface area contributed by atoms with E-state index in [1.54, 1.807) is 4.57 Å². The molecule has 29 heavy (non-hydrogen) atoms. The number of carbonyl (C=O) groups excluding carboxylic acids is 1. The van der Waals surface area contributed by atoms with Gasteiger partial charge in [-0.25, -0.2) is 0 Å². The number of ether oxygens (including phenoxy) is 1. The molecule has 1 aliphatic heterocycles. The van der Waals surface area contributed by atoms with Crippen molar-refractivity contribution in [3.63, 3.8) is 0 Å². The number of para-hydroxylation sites is 2. The zero-order valence-electron chi connectivity index (χ0n) is 16.6. The van der Waals surface area contributed by atoms with E-state index in [1.807, 2.05) is 54.3 Å². The zero-order chi connectivity index (χ0) is 20.2. The van der Waals surface area contributed by atoms with Gasteiger partial charge in [-0.15, -0.1) is 0 Å². The van der Waals surface area contributed by atoms with Gasteiger partial charge in [-0.1, -0.05) is 30.3 Å². The molecule has 2 heterocycles. The van der Waals surface area contributed by atoms with Gasteiger partial charge in [0.25, 0.3) is 11.5 Å². The van der Waals surface area contributed by atoms with Crippen LogP contribution in [0.2, 0.25) is 0 Å². The third-order valence-corrected chi connectivity index (χ3v) is 5.40. The van der Waals surface area contributed by atoms with Gasteiger partial charge in [-0.2, -0.15) is 0 Å². The Bertz CT molecular complexity index is 1050. The molecule has 0 unspecified atom stereocenters. The van der Waals surface area contributed by atoms with Gasteiger partial charge >= 0.3 is 0 Å². The minimum absolute atomic E-state index is 0.0542. The lowest BCUT2D eigenvalue weighted by Gasteiger charge is -2.36. The summed E-state index contributed by atoms with van der Waals surface area (Å²) in [5.74, 6) is 0.410. The van der Waals surface area contributed by atoms with Crippen LogP contribution in [0.25, 0.3) is 10.9 Å². The highest BCUT2D eigenvalue weighted by molar-refractivity contribution is 5.86. The number of aromatic nitrogens is 1. The van der Waals surface area contributed by atoms with E-state index in [4.69, 9.17) is 4.74 Å². The molecule has 0 radical (unpaired) electrons. The van der Waals surface area contributed by atoms with Gasteiger partial charge in [0.1, 0.15) is 5.75 Å². The number of carbonyl (C=O) groups is 1. The highest BCUT2D eigenvalue weighted by atomic mass is 16.5. The van der Waals surface area contributed by atoms with Crippen molar-refractivity contribution in [1.29, 1.82) is 0 Å². The van der Waals surface area contributed by atoms with Gasteiger partial charge in [0.2, 0.25) is 0 Å². The molecule has 3 aromatic rings. The van der Waals surface area contributed by atoms with Gasteiger partial charge in [0.15, 0.2) is 6.61 Å². The molecule has 2 aromatic carbocycles. The Morgan fingerprint density at radius 3 is 2.38 bits per heavy atom. The first-order chi connectivity index (χ1) is 14.2. The van der Waals surface area contributed by atoms with Gasteiger partial charge < -0.3 is 19.1 Å². The fourth-order valence-corrected chi connectivity index (χ4v) is 3.83. The molecule has 1 saturated heterocycles. The smallest absolute Gasteiger partial charge is 0.260 e. The maximum atomic E-state index is 12.7. The molecule has 6 heteroatoms. The zero-order valence-corrected chi connectivity index (χ0v) is 16.6. The van der Waals surface area contributed by atoms with E-state index in [0.717, 1.165) is 24.0 Å². The summed E-state index contributed by atoms with van der Waals surface area (Å²) in [5.41, 5.74) is 1.88. The maximum Gasteiger partial charge on any atom is 0.260 e. The minimum atomic E-state index is -0.120. The molecule has 1 fully saturated rings. The third-order valence-electron chi connectivity index (χ3n) is 5.40. The van der Waals surface area contributed by atoms with E-state index in [2.05, 4.69) is 17.0 Å².